The van der Waals surface area contributed by atoms with Gasteiger partial charge in [-0.15, -0.1) is 0 Å². The molecule has 2 rings (SSSR count). The predicted octanol–water partition coefficient (Wildman–Crippen LogP) is 1.11. The normalized spacial score (nSPS) is 20.3. The monoisotopic (exact) mass is 249 g/mol. The summed E-state index contributed by atoms with van der Waals surface area (Å²) in [6.45, 7) is 0.557. The molecule has 1 heterocycles. The lowest BCUT2D eigenvalue weighted by atomic mass is 10.1. The number of carboxylic acid groups (broad SMARTS) is 1. The Hall–Kier alpha value is -1.88. The summed E-state index contributed by atoms with van der Waals surface area (Å²) in [6.07, 6.45) is 0.962. The van der Waals surface area contributed by atoms with Crippen LogP contribution >= 0.6 is 0 Å². The number of aliphatic carboxylic acids is 1. The van der Waals surface area contributed by atoms with Gasteiger partial charge >= 0.3 is 5.97 Å². The highest BCUT2D eigenvalue weighted by atomic mass is 16.5. The van der Waals surface area contributed by atoms with Gasteiger partial charge in [0.05, 0.1) is 0 Å². The first kappa shape index (κ1) is 12.6. The van der Waals surface area contributed by atoms with E-state index in [9.17, 15) is 9.59 Å². The third kappa shape index (κ3) is 2.87. The van der Waals surface area contributed by atoms with Crippen molar-refractivity contribution < 1.29 is 19.4 Å². The molecule has 1 aromatic rings. The highest BCUT2D eigenvalue weighted by Gasteiger charge is 2.28. The van der Waals surface area contributed by atoms with Crippen LogP contribution in [0.1, 0.15) is 24.4 Å². The summed E-state index contributed by atoms with van der Waals surface area (Å²) in [7, 11) is 0. The molecule has 5 heteroatoms. The highest BCUT2D eigenvalue weighted by molar-refractivity contribution is 5.87. The van der Waals surface area contributed by atoms with Gasteiger partial charge in [0.2, 0.25) is 5.91 Å². The maximum absolute atomic E-state index is 11.8. The molecule has 1 saturated heterocycles. The van der Waals surface area contributed by atoms with Crippen molar-refractivity contribution in [2.75, 3.05) is 6.61 Å². The second-order valence-corrected chi connectivity index (χ2v) is 4.19. The average molecular weight is 249 g/mol. The van der Waals surface area contributed by atoms with Crippen molar-refractivity contribution in [3.63, 3.8) is 0 Å². The van der Waals surface area contributed by atoms with Crippen LogP contribution in [-0.4, -0.2) is 29.7 Å². The Balaban J connectivity index is 2.07. The smallest absolute Gasteiger partial charge is 0.330 e. The number of benzene rings is 1. The molecule has 1 fully saturated rings. The van der Waals surface area contributed by atoms with Gasteiger partial charge in [0.1, 0.15) is 6.10 Å². The number of ether oxygens (including phenoxy) is 1. The molecule has 1 aromatic carbocycles. The van der Waals surface area contributed by atoms with E-state index in [0.717, 1.165) is 6.42 Å². The van der Waals surface area contributed by atoms with E-state index in [0.29, 0.717) is 18.6 Å². The Morgan fingerprint density at radius 3 is 2.61 bits per heavy atom. The Morgan fingerprint density at radius 1 is 1.33 bits per heavy atom. The minimum atomic E-state index is -1.08. The molecule has 0 bridgehead atoms. The largest absolute Gasteiger partial charge is 0.479 e. The van der Waals surface area contributed by atoms with Crippen molar-refractivity contribution in [2.45, 2.75) is 25.0 Å². The first-order valence-electron chi connectivity index (χ1n) is 5.88. The second-order valence-electron chi connectivity index (χ2n) is 4.19. The SMILES string of the molecule is O=C(O)[C@@H](NC(=O)[C@H]1CCCO1)c1ccccc1. The maximum atomic E-state index is 11.8. The van der Waals surface area contributed by atoms with Crippen LogP contribution in [0.15, 0.2) is 30.3 Å². The van der Waals surface area contributed by atoms with E-state index in [4.69, 9.17) is 9.84 Å². The second kappa shape index (κ2) is 5.64. The van der Waals surface area contributed by atoms with Crippen molar-refractivity contribution in [3.8, 4) is 0 Å². The molecule has 96 valence electrons. The van der Waals surface area contributed by atoms with Crippen LogP contribution in [0.2, 0.25) is 0 Å². The molecular weight excluding hydrogens is 234 g/mol. The minimum Gasteiger partial charge on any atom is -0.479 e. The van der Waals surface area contributed by atoms with Gasteiger partial charge in [-0.3, -0.25) is 4.79 Å². The van der Waals surface area contributed by atoms with Crippen molar-refractivity contribution in [2.24, 2.45) is 0 Å². The fraction of sp³-hybridized carbons (Fsp3) is 0.385. The summed E-state index contributed by atoms with van der Waals surface area (Å²) in [5.41, 5.74) is 0.552. The van der Waals surface area contributed by atoms with Gasteiger partial charge in [-0.25, -0.2) is 4.79 Å². The van der Waals surface area contributed by atoms with Crippen LogP contribution in [0.5, 0.6) is 0 Å². The Morgan fingerprint density at radius 2 is 2.06 bits per heavy atom. The predicted molar refractivity (Wildman–Crippen MR) is 63.9 cm³/mol. The summed E-state index contributed by atoms with van der Waals surface area (Å²) in [6, 6.07) is 7.60. The third-order valence-electron chi connectivity index (χ3n) is 2.89. The van der Waals surface area contributed by atoms with Crippen LogP contribution in [0.25, 0.3) is 0 Å². The van der Waals surface area contributed by atoms with E-state index in [1.165, 1.54) is 0 Å². The molecule has 18 heavy (non-hydrogen) atoms. The molecule has 1 aliphatic heterocycles. The van der Waals surface area contributed by atoms with E-state index in [-0.39, 0.29) is 5.91 Å². The fourth-order valence-electron chi connectivity index (χ4n) is 1.95. The molecule has 0 spiro atoms. The van der Waals surface area contributed by atoms with Gasteiger partial charge in [0.25, 0.3) is 0 Å². The molecule has 2 N–H and O–H groups in total. The molecule has 1 aliphatic rings. The van der Waals surface area contributed by atoms with Gasteiger partial charge < -0.3 is 15.2 Å². The van der Waals surface area contributed by atoms with Crippen LogP contribution in [0.4, 0.5) is 0 Å². The Kier molecular flexibility index (Phi) is 3.94. The summed E-state index contributed by atoms with van der Waals surface area (Å²) < 4.78 is 5.23. The van der Waals surface area contributed by atoms with Crippen LogP contribution < -0.4 is 5.32 Å². The standard InChI is InChI=1S/C13H15NO4/c15-12(10-7-4-8-18-10)14-11(13(16)17)9-5-2-1-3-6-9/h1-3,5-6,10-11H,4,7-8H2,(H,14,15)(H,16,17)/t10-,11+/m1/s1. The summed E-state index contributed by atoms with van der Waals surface area (Å²) >= 11 is 0. The maximum Gasteiger partial charge on any atom is 0.330 e. The first-order valence-corrected chi connectivity index (χ1v) is 5.88. The molecule has 0 unspecified atom stereocenters. The van der Waals surface area contributed by atoms with Crippen molar-refractivity contribution in [3.05, 3.63) is 35.9 Å². The number of amides is 1. The van der Waals surface area contributed by atoms with E-state index in [1.54, 1.807) is 30.3 Å². The molecule has 0 saturated carbocycles. The number of hydrogen-bond acceptors (Lipinski definition) is 3. The minimum absolute atomic E-state index is 0.358. The number of rotatable bonds is 4. The number of hydrogen-bond donors (Lipinski definition) is 2. The summed E-state index contributed by atoms with van der Waals surface area (Å²) in [5, 5.41) is 11.7. The summed E-state index contributed by atoms with van der Waals surface area (Å²) in [4.78, 5) is 23.0. The fourth-order valence-corrected chi connectivity index (χ4v) is 1.95. The Labute approximate surface area is 105 Å². The van der Waals surface area contributed by atoms with Crippen LogP contribution in [-0.2, 0) is 14.3 Å². The molecule has 0 aromatic heterocycles. The zero-order chi connectivity index (χ0) is 13.0. The average Bonchev–Trinajstić information content (AvgIpc) is 2.90. The van der Waals surface area contributed by atoms with Gasteiger partial charge in [0, 0.05) is 6.61 Å². The van der Waals surface area contributed by atoms with E-state index >= 15 is 0 Å². The molecular formula is C13H15NO4. The zero-order valence-electron chi connectivity index (χ0n) is 9.83. The summed E-state index contributed by atoms with van der Waals surface area (Å²) in [5.74, 6) is -1.43. The van der Waals surface area contributed by atoms with Crippen LogP contribution in [0.3, 0.4) is 0 Å². The topological polar surface area (TPSA) is 75.6 Å². The lowest BCUT2D eigenvalue weighted by Crippen LogP contribution is -2.39. The molecule has 0 radical (unpaired) electrons. The van der Waals surface area contributed by atoms with Gasteiger partial charge in [-0.05, 0) is 18.4 Å². The lowest BCUT2D eigenvalue weighted by Gasteiger charge is -2.17. The number of carboxylic acids is 1. The molecule has 0 aliphatic carbocycles. The molecule has 1 amide bonds. The first-order chi connectivity index (χ1) is 8.68. The number of carbonyl (C=O) groups is 2. The van der Waals surface area contributed by atoms with E-state index in [2.05, 4.69) is 5.32 Å². The highest BCUT2D eigenvalue weighted by Crippen LogP contribution is 2.16. The van der Waals surface area contributed by atoms with E-state index < -0.39 is 18.1 Å². The lowest BCUT2D eigenvalue weighted by molar-refractivity contribution is -0.143. The van der Waals surface area contributed by atoms with E-state index in [1.807, 2.05) is 0 Å². The Bertz CT molecular complexity index is 426. The van der Waals surface area contributed by atoms with Crippen molar-refractivity contribution >= 4 is 11.9 Å². The third-order valence-corrected chi connectivity index (χ3v) is 2.89. The zero-order valence-corrected chi connectivity index (χ0v) is 9.83. The number of carbonyl (C=O) groups excluding carboxylic acids is 1. The quantitative estimate of drug-likeness (QED) is 0.838. The number of nitrogens with one attached hydrogen (secondary N) is 1. The van der Waals surface area contributed by atoms with Crippen LogP contribution in [0, 0.1) is 0 Å². The molecule has 2 atom stereocenters. The van der Waals surface area contributed by atoms with Crippen molar-refractivity contribution in [1.29, 1.82) is 0 Å². The van der Waals surface area contributed by atoms with Gasteiger partial charge in [0.15, 0.2) is 6.04 Å². The van der Waals surface area contributed by atoms with Gasteiger partial charge in [-0.1, -0.05) is 30.3 Å². The van der Waals surface area contributed by atoms with Gasteiger partial charge in [-0.2, -0.15) is 0 Å². The van der Waals surface area contributed by atoms with Crippen molar-refractivity contribution in [1.82, 2.24) is 5.32 Å². The molecule has 5 nitrogen and oxygen atoms in total.